The molecule has 0 aromatic heterocycles. The summed E-state index contributed by atoms with van der Waals surface area (Å²) in [5.74, 6) is 0.0695. The molecule has 1 atom stereocenters. The number of benzene rings is 1. The molecule has 29 heavy (non-hydrogen) atoms. The number of hydrogen-bond acceptors (Lipinski definition) is 4. The number of piperazine rings is 2. The minimum absolute atomic E-state index is 0.0695. The van der Waals surface area contributed by atoms with Gasteiger partial charge < -0.3 is 20.4 Å². The molecule has 7 nitrogen and oxygen atoms in total. The van der Waals surface area contributed by atoms with Gasteiger partial charge in [-0.25, -0.2) is 13.6 Å². The standard InChI is InChI=1S/C20H29F2N5O2/c1-14(2)27-7-6-23-17(13-27)19(28)25-8-10-26(11-9-25)20(29)24-16-5-3-4-15(12-16)18(21)22/h3-5,12,14,17-18,23H,6-11,13H2,1-2H3,(H,24,29)/t17-/m1/s1. The molecule has 1 aromatic carbocycles. The first-order chi connectivity index (χ1) is 13.8. The highest BCUT2D eigenvalue weighted by molar-refractivity contribution is 5.90. The van der Waals surface area contributed by atoms with Gasteiger partial charge in [0.1, 0.15) is 0 Å². The highest BCUT2D eigenvalue weighted by Gasteiger charge is 2.32. The monoisotopic (exact) mass is 409 g/mol. The maximum absolute atomic E-state index is 12.8. The number of rotatable bonds is 4. The molecule has 0 aliphatic carbocycles. The summed E-state index contributed by atoms with van der Waals surface area (Å²) in [6.07, 6.45) is -2.58. The highest BCUT2D eigenvalue weighted by Crippen LogP contribution is 2.22. The Labute approximate surface area is 170 Å². The molecular formula is C20H29F2N5O2. The lowest BCUT2D eigenvalue weighted by Crippen LogP contribution is -2.61. The molecule has 0 spiro atoms. The van der Waals surface area contributed by atoms with E-state index in [1.807, 2.05) is 0 Å². The van der Waals surface area contributed by atoms with Crippen molar-refractivity contribution in [2.75, 3.05) is 51.1 Å². The van der Waals surface area contributed by atoms with Crippen LogP contribution < -0.4 is 10.6 Å². The van der Waals surface area contributed by atoms with Crippen LogP contribution in [0.25, 0.3) is 0 Å². The summed E-state index contributed by atoms with van der Waals surface area (Å²) in [5.41, 5.74) is 0.208. The van der Waals surface area contributed by atoms with Gasteiger partial charge >= 0.3 is 6.03 Å². The van der Waals surface area contributed by atoms with Crippen LogP contribution >= 0.6 is 0 Å². The van der Waals surface area contributed by atoms with Crippen LogP contribution in [0.2, 0.25) is 0 Å². The third-order valence-electron chi connectivity index (χ3n) is 5.50. The number of anilines is 1. The van der Waals surface area contributed by atoms with Gasteiger partial charge in [-0.1, -0.05) is 12.1 Å². The maximum Gasteiger partial charge on any atom is 0.321 e. The van der Waals surface area contributed by atoms with Crippen LogP contribution in [0, 0.1) is 0 Å². The highest BCUT2D eigenvalue weighted by atomic mass is 19.3. The van der Waals surface area contributed by atoms with Crippen molar-refractivity contribution in [1.29, 1.82) is 0 Å². The molecule has 2 aliphatic heterocycles. The Balaban J connectivity index is 1.50. The number of halogens is 2. The molecule has 160 valence electrons. The van der Waals surface area contributed by atoms with E-state index < -0.39 is 6.43 Å². The molecule has 1 aromatic rings. The van der Waals surface area contributed by atoms with E-state index in [1.165, 1.54) is 18.2 Å². The molecule has 0 bridgehead atoms. The molecule has 2 aliphatic rings. The maximum atomic E-state index is 12.8. The minimum Gasteiger partial charge on any atom is -0.338 e. The molecular weight excluding hydrogens is 380 g/mol. The molecule has 3 rings (SSSR count). The Morgan fingerprint density at radius 1 is 1.10 bits per heavy atom. The van der Waals surface area contributed by atoms with Crippen LogP contribution in [0.4, 0.5) is 19.3 Å². The Hall–Kier alpha value is -2.26. The van der Waals surface area contributed by atoms with E-state index in [9.17, 15) is 18.4 Å². The smallest absolute Gasteiger partial charge is 0.321 e. The zero-order chi connectivity index (χ0) is 21.0. The minimum atomic E-state index is -2.58. The third kappa shape index (κ3) is 5.42. The fraction of sp³-hybridized carbons (Fsp3) is 0.600. The average molecular weight is 409 g/mol. The second-order valence-electron chi connectivity index (χ2n) is 7.76. The van der Waals surface area contributed by atoms with Crippen molar-refractivity contribution in [1.82, 2.24) is 20.0 Å². The van der Waals surface area contributed by atoms with Crippen molar-refractivity contribution in [3.05, 3.63) is 29.8 Å². The van der Waals surface area contributed by atoms with Gasteiger partial charge in [-0.15, -0.1) is 0 Å². The van der Waals surface area contributed by atoms with Crippen molar-refractivity contribution in [2.45, 2.75) is 32.4 Å². The van der Waals surface area contributed by atoms with Crippen molar-refractivity contribution in [3.8, 4) is 0 Å². The summed E-state index contributed by atoms with van der Waals surface area (Å²) in [7, 11) is 0. The quantitative estimate of drug-likeness (QED) is 0.798. The van der Waals surface area contributed by atoms with E-state index in [0.29, 0.717) is 44.5 Å². The van der Waals surface area contributed by atoms with Crippen LogP contribution in [0.1, 0.15) is 25.8 Å². The second kappa shape index (κ2) is 9.49. The lowest BCUT2D eigenvalue weighted by molar-refractivity contribution is -0.136. The van der Waals surface area contributed by atoms with Gasteiger partial charge in [-0.05, 0) is 26.0 Å². The van der Waals surface area contributed by atoms with Gasteiger partial charge in [-0.3, -0.25) is 9.69 Å². The molecule has 2 saturated heterocycles. The summed E-state index contributed by atoms with van der Waals surface area (Å²) in [5, 5.41) is 5.96. The average Bonchev–Trinajstić information content (AvgIpc) is 2.73. The number of carbonyl (C=O) groups is 2. The van der Waals surface area contributed by atoms with Gasteiger partial charge in [0, 0.05) is 63.1 Å². The predicted octanol–water partition coefficient (Wildman–Crippen LogP) is 1.98. The normalized spacial score (nSPS) is 21.0. The third-order valence-corrected chi connectivity index (χ3v) is 5.50. The van der Waals surface area contributed by atoms with Crippen molar-refractivity contribution < 1.29 is 18.4 Å². The number of alkyl halides is 2. The summed E-state index contributed by atoms with van der Waals surface area (Å²) >= 11 is 0. The number of nitrogens with zero attached hydrogens (tertiary/aromatic N) is 3. The SMILES string of the molecule is CC(C)N1CCN[C@@H](C(=O)N2CCN(C(=O)Nc3cccc(C(F)F)c3)CC2)C1. The molecule has 0 radical (unpaired) electrons. The van der Waals surface area contributed by atoms with Crippen LogP contribution in [0.15, 0.2) is 24.3 Å². The molecule has 9 heteroatoms. The van der Waals surface area contributed by atoms with Gasteiger partial charge in [-0.2, -0.15) is 0 Å². The molecule has 0 saturated carbocycles. The fourth-order valence-corrected chi connectivity index (χ4v) is 3.71. The lowest BCUT2D eigenvalue weighted by atomic mass is 10.1. The van der Waals surface area contributed by atoms with Crippen LogP contribution in [0.5, 0.6) is 0 Å². The number of hydrogen-bond donors (Lipinski definition) is 2. The van der Waals surface area contributed by atoms with Gasteiger partial charge in [0.2, 0.25) is 5.91 Å². The van der Waals surface area contributed by atoms with E-state index in [1.54, 1.807) is 15.9 Å². The zero-order valence-corrected chi connectivity index (χ0v) is 16.9. The molecule has 3 amide bonds. The van der Waals surface area contributed by atoms with Gasteiger partial charge in [0.05, 0.1) is 6.04 Å². The van der Waals surface area contributed by atoms with E-state index in [0.717, 1.165) is 13.1 Å². The number of nitrogens with one attached hydrogen (secondary N) is 2. The van der Waals surface area contributed by atoms with E-state index >= 15 is 0 Å². The lowest BCUT2D eigenvalue weighted by Gasteiger charge is -2.40. The molecule has 2 fully saturated rings. The summed E-state index contributed by atoms with van der Waals surface area (Å²) < 4.78 is 25.6. The fourth-order valence-electron chi connectivity index (χ4n) is 3.71. The number of carbonyl (C=O) groups excluding carboxylic acids is 2. The largest absolute Gasteiger partial charge is 0.338 e. The zero-order valence-electron chi connectivity index (χ0n) is 16.9. The summed E-state index contributed by atoms with van der Waals surface area (Å²) in [6.45, 7) is 8.41. The first kappa shape index (κ1) is 21.4. The summed E-state index contributed by atoms with van der Waals surface area (Å²) in [4.78, 5) is 31.0. The van der Waals surface area contributed by atoms with Crippen molar-refractivity contribution in [3.63, 3.8) is 0 Å². The number of urea groups is 1. The van der Waals surface area contributed by atoms with Crippen molar-refractivity contribution >= 4 is 17.6 Å². The van der Waals surface area contributed by atoms with E-state index in [-0.39, 0.29) is 23.5 Å². The van der Waals surface area contributed by atoms with E-state index in [4.69, 9.17) is 0 Å². The molecule has 0 unspecified atom stereocenters. The first-order valence-corrected chi connectivity index (χ1v) is 10.1. The topological polar surface area (TPSA) is 67.9 Å². The van der Waals surface area contributed by atoms with Gasteiger partial charge in [0.25, 0.3) is 6.43 Å². The molecule has 2 N–H and O–H groups in total. The van der Waals surface area contributed by atoms with Crippen molar-refractivity contribution in [2.24, 2.45) is 0 Å². The van der Waals surface area contributed by atoms with Crippen LogP contribution in [-0.4, -0.2) is 84.5 Å². The Morgan fingerprint density at radius 2 is 1.79 bits per heavy atom. The van der Waals surface area contributed by atoms with Gasteiger partial charge in [0.15, 0.2) is 0 Å². The molecule has 2 heterocycles. The Morgan fingerprint density at radius 3 is 2.45 bits per heavy atom. The Bertz CT molecular complexity index is 723. The first-order valence-electron chi connectivity index (χ1n) is 10.1. The Kier molecular flexibility index (Phi) is 7.02. The van der Waals surface area contributed by atoms with Crippen LogP contribution in [0.3, 0.4) is 0 Å². The van der Waals surface area contributed by atoms with E-state index in [2.05, 4.69) is 29.4 Å². The summed E-state index contributed by atoms with van der Waals surface area (Å²) in [6, 6.07) is 5.51. The van der Waals surface area contributed by atoms with Crippen LogP contribution in [-0.2, 0) is 4.79 Å². The second-order valence-corrected chi connectivity index (χ2v) is 7.76. The number of amides is 3. The predicted molar refractivity (Wildman–Crippen MR) is 107 cm³/mol.